The van der Waals surface area contributed by atoms with Crippen molar-refractivity contribution in [3.8, 4) is 0 Å². The lowest BCUT2D eigenvalue weighted by Crippen LogP contribution is -2.38. The van der Waals surface area contributed by atoms with Gasteiger partial charge in [0.05, 0.1) is 0 Å². The van der Waals surface area contributed by atoms with E-state index in [1.807, 2.05) is 11.8 Å². The van der Waals surface area contributed by atoms with Crippen LogP contribution in [0.3, 0.4) is 0 Å². The van der Waals surface area contributed by atoms with Gasteiger partial charge in [-0.3, -0.25) is 4.79 Å². The predicted octanol–water partition coefficient (Wildman–Crippen LogP) is 0.982. The third-order valence-electron chi connectivity index (χ3n) is 2.90. The molecule has 1 aliphatic heterocycles. The van der Waals surface area contributed by atoms with Crippen LogP contribution >= 0.6 is 0 Å². The van der Waals surface area contributed by atoms with Gasteiger partial charge in [0.15, 0.2) is 0 Å². The van der Waals surface area contributed by atoms with Crippen LogP contribution in [0.5, 0.6) is 0 Å². The second-order valence-electron chi connectivity index (χ2n) is 4.08. The van der Waals surface area contributed by atoms with Crippen molar-refractivity contribution in [2.24, 2.45) is 11.7 Å². The number of nitrogens with zero attached hydrogens (tertiary/aromatic N) is 1. The number of carbonyl (C=O) groups is 1. The SMILES string of the molecule is CC(=O)N1CCCCC(C(C)N)C1. The smallest absolute Gasteiger partial charge is 0.219 e. The van der Waals surface area contributed by atoms with E-state index in [1.54, 1.807) is 6.92 Å². The molecule has 3 heteroatoms. The Morgan fingerprint density at radius 3 is 2.77 bits per heavy atom. The topological polar surface area (TPSA) is 46.3 Å². The summed E-state index contributed by atoms with van der Waals surface area (Å²) in [6.07, 6.45) is 3.50. The first-order chi connectivity index (χ1) is 6.11. The molecule has 0 bridgehead atoms. The van der Waals surface area contributed by atoms with E-state index in [4.69, 9.17) is 5.73 Å². The third kappa shape index (κ3) is 2.99. The standard InChI is InChI=1S/C10H20N2O/c1-8(11)10-5-3-4-6-12(7-10)9(2)13/h8,10H,3-7,11H2,1-2H3. The van der Waals surface area contributed by atoms with Crippen molar-refractivity contribution in [1.82, 2.24) is 4.90 Å². The van der Waals surface area contributed by atoms with Gasteiger partial charge < -0.3 is 10.6 Å². The Hall–Kier alpha value is -0.570. The molecule has 2 unspecified atom stereocenters. The second kappa shape index (κ2) is 4.61. The van der Waals surface area contributed by atoms with Gasteiger partial charge in [-0.15, -0.1) is 0 Å². The highest BCUT2D eigenvalue weighted by Crippen LogP contribution is 2.18. The van der Waals surface area contributed by atoms with Crippen molar-refractivity contribution in [3.63, 3.8) is 0 Å². The van der Waals surface area contributed by atoms with Gasteiger partial charge >= 0.3 is 0 Å². The van der Waals surface area contributed by atoms with Gasteiger partial charge in [-0.1, -0.05) is 6.42 Å². The molecular weight excluding hydrogens is 164 g/mol. The molecule has 0 aromatic carbocycles. The van der Waals surface area contributed by atoms with Crippen LogP contribution in [0.4, 0.5) is 0 Å². The molecule has 1 aliphatic rings. The van der Waals surface area contributed by atoms with Crippen molar-refractivity contribution in [2.75, 3.05) is 13.1 Å². The zero-order valence-corrected chi connectivity index (χ0v) is 8.62. The average Bonchev–Trinajstić information content (AvgIpc) is 2.28. The molecular formula is C10H20N2O. The summed E-state index contributed by atoms with van der Waals surface area (Å²) < 4.78 is 0. The Labute approximate surface area is 80.3 Å². The maximum absolute atomic E-state index is 11.2. The highest BCUT2D eigenvalue weighted by atomic mass is 16.2. The van der Waals surface area contributed by atoms with E-state index in [0.717, 1.165) is 19.5 Å². The first kappa shape index (κ1) is 10.5. The highest BCUT2D eigenvalue weighted by Gasteiger charge is 2.21. The molecule has 13 heavy (non-hydrogen) atoms. The van der Waals surface area contributed by atoms with E-state index in [9.17, 15) is 4.79 Å². The summed E-state index contributed by atoms with van der Waals surface area (Å²) in [5.74, 6) is 0.680. The molecule has 0 aromatic rings. The molecule has 3 nitrogen and oxygen atoms in total. The maximum atomic E-state index is 11.2. The first-order valence-electron chi connectivity index (χ1n) is 5.12. The van der Waals surface area contributed by atoms with E-state index >= 15 is 0 Å². The van der Waals surface area contributed by atoms with E-state index in [-0.39, 0.29) is 11.9 Å². The Balaban J connectivity index is 2.54. The number of hydrogen-bond donors (Lipinski definition) is 1. The van der Waals surface area contributed by atoms with Crippen LogP contribution in [0.2, 0.25) is 0 Å². The van der Waals surface area contributed by atoms with Gasteiger partial charge in [-0.25, -0.2) is 0 Å². The van der Waals surface area contributed by atoms with Crippen LogP contribution in [-0.4, -0.2) is 29.9 Å². The van der Waals surface area contributed by atoms with Crippen molar-refractivity contribution >= 4 is 5.91 Å². The van der Waals surface area contributed by atoms with Gasteiger partial charge in [-0.2, -0.15) is 0 Å². The number of nitrogens with two attached hydrogens (primary N) is 1. The summed E-state index contributed by atoms with van der Waals surface area (Å²) in [5, 5.41) is 0. The summed E-state index contributed by atoms with van der Waals surface area (Å²) in [5.41, 5.74) is 5.86. The Morgan fingerprint density at radius 1 is 1.54 bits per heavy atom. The lowest BCUT2D eigenvalue weighted by molar-refractivity contribution is -0.129. The minimum atomic E-state index is 0.188. The minimum absolute atomic E-state index is 0.188. The molecule has 1 amide bonds. The molecule has 0 spiro atoms. The molecule has 0 radical (unpaired) electrons. The summed E-state index contributed by atoms with van der Waals surface area (Å²) in [4.78, 5) is 13.1. The van der Waals surface area contributed by atoms with Crippen LogP contribution in [0.15, 0.2) is 0 Å². The normalized spacial score (nSPS) is 26.7. The fourth-order valence-corrected chi connectivity index (χ4v) is 1.89. The quantitative estimate of drug-likeness (QED) is 0.660. The van der Waals surface area contributed by atoms with Crippen LogP contribution in [0, 0.1) is 5.92 Å². The van der Waals surface area contributed by atoms with Crippen LogP contribution < -0.4 is 5.73 Å². The van der Waals surface area contributed by atoms with Gasteiger partial charge in [-0.05, 0) is 25.7 Å². The number of likely N-dealkylation sites (tertiary alicyclic amines) is 1. The number of carbonyl (C=O) groups excluding carboxylic acids is 1. The zero-order chi connectivity index (χ0) is 9.84. The largest absolute Gasteiger partial charge is 0.343 e. The van der Waals surface area contributed by atoms with Crippen molar-refractivity contribution in [3.05, 3.63) is 0 Å². The van der Waals surface area contributed by atoms with Crippen molar-refractivity contribution in [1.29, 1.82) is 0 Å². The fourth-order valence-electron chi connectivity index (χ4n) is 1.89. The predicted molar refractivity (Wildman–Crippen MR) is 53.2 cm³/mol. The minimum Gasteiger partial charge on any atom is -0.343 e. The van der Waals surface area contributed by atoms with Crippen molar-refractivity contribution in [2.45, 2.75) is 39.2 Å². The van der Waals surface area contributed by atoms with E-state index in [2.05, 4.69) is 0 Å². The lowest BCUT2D eigenvalue weighted by atomic mass is 9.96. The molecule has 0 aromatic heterocycles. The van der Waals surface area contributed by atoms with Gasteiger partial charge in [0.25, 0.3) is 0 Å². The van der Waals surface area contributed by atoms with Gasteiger partial charge in [0.2, 0.25) is 5.91 Å². The zero-order valence-electron chi connectivity index (χ0n) is 8.62. The Kier molecular flexibility index (Phi) is 3.72. The average molecular weight is 184 g/mol. The van der Waals surface area contributed by atoms with E-state index < -0.39 is 0 Å². The number of hydrogen-bond acceptors (Lipinski definition) is 2. The number of amides is 1. The first-order valence-corrected chi connectivity index (χ1v) is 5.12. The summed E-state index contributed by atoms with van der Waals surface area (Å²) in [7, 11) is 0. The molecule has 1 heterocycles. The third-order valence-corrected chi connectivity index (χ3v) is 2.90. The summed E-state index contributed by atoms with van der Waals surface area (Å²) in [6.45, 7) is 5.45. The molecule has 2 N–H and O–H groups in total. The van der Waals surface area contributed by atoms with E-state index in [1.165, 1.54) is 12.8 Å². The molecule has 1 saturated heterocycles. The van der Waals surface area contributed by atoms with E-state index in [0.29, 0.717) is 5.92 Å². The Bertz CT molecular complexity index is 180. The fraction of sp³-hybridized carbons (Fsp3) is 0.900. The molecule has 0 saturated carbocycles. The maximum Gasteiger partial charge on any atom is 0.219 e. The monoisotopic (exact) mass is 184 g/mol. The van der Waals surface area contributed by atoms with Gasteiger partial charge in [0.1, 0.15) is 0 Å². The van der Waals surface area contributed by atoms with Crippen LogP contribution in [0.25, 0.3) is 0 Å². The molecule has 76 valence electrons. The van der Waals surface area contributed by atoms with Crippen LogP contribution in [0.1, 0.15) is 33.1 Å². The van der Waals surface area contributed by atoms with Crippen LogP contribution in [-0.2, 0) is 4.79 Å². The van der Waals surface area contributed by atoms with Crippen molar-refractivity contribution < 1.29 is 4.79 Å². The number of rotatable bonds is 1. The molecule has 0 aliphatic carbocycles. The molecule has 2 atom stereocenters. The molecule has 1 fully saturated rings. The molecule has 1 rings (SSSR count). The van der Waals surface area contributed by atoms with Gasteiger partial charge in [0, 0.05) is 26.1 Å². The highest BCUT2D eigenvalue weighted by molar-refractivity contribution is 5.73. The Morgan fingerprint density at radius 2 is 2.23 bits per heavy atom. The second-order valence-corrected chi connectivity index (χ2v) is 4.08. The summed E-state index contributed by atoms with van der Waals surface area (Å²) in [6, 6.07) is 0.208. The summed E-state index contributed by atoms with van der Waals surface area (Å²) >= 11 is 0. The lowest BCUT2D eigenvalue weighted by Gasteiger charge is -2.25.